The average molecular weight is 612 g/mol. The van der Waals surface area contributed by atoms with Crippen LogP contribution in [0.1, 0.15) is 5.56 Å². The summed E-state index contributed by atoms with van der Waals surface area (Å²) in [5, 5.41) is 40.6. The summed E-state index contributed by atoms with van der Waals surface area (Å²) in [6, 6.07) is 6.86. The molecule has 0 radical (unpaired) electrons. The van der Waals surface area contributed by atoms with Crippen LogP contribution in [0.15, 0.2) is 35.2 Å². The number of aromatic nitrogens is 3. The van der Waals surface area contributed by atoms with Gasteiger partial charge in [-0.15, -0.1) is 4.33 Å². The number of rotatable bonds is 12. The molecule has 0 amide bonds. The van der Waals surface area contributed by atoms with Crippen LogP contribution in [-0.2, 0) is 9.37 Å². The Hall–Kier alpha value is -3.94. The zero-order chi connectivity index (χ0) is 29.5. The maximum absolute atomic E-state index is 14.2. The normalized spacial score (nSPS) is 13.7. The van der Waals surface area contributed by atoms with Crippen LogP contribution in [0, 0.1) is 33.0 Å². The number of nitrogens with one attached hydrogen (secondary N) is 2. The van der Waals surface area contributed by atoms with E-state index in [0.717, 1.165) is 23.7 Å². The number of anilines is 4. The van der Waals surface area contributed by atoms with Gasteiger partial charge in [0.2, 0.25) is 23.0 Å². The smallest absolute Gasteiger partial charge is 0.311 e. The second-order valence-corrected chi connectivity index (χ2v) is 9.73. The molecule has 2 heterocycles. The number of nitrogens with zero attached hydrogens (tertiary/aromatic N) is 7. The van der Waals surface area contributed by atoms with Gasteiger partial charge in [0.15, 0.2) is 0 Å². The van der Waals surface area contributed by atoms with Crippen LogP contribution in [0.2, 0.25) is 5.28 Å². The molecule has 16 nitrogen and oxygen atoms in total. The second-order valence-electron chi connectivity index (χ2n) is 8.64. The lowest BCUT2D eigenvalue weighted by atomic mass is 10.2. The second kappa shape index (κ2) is 13.6. The third-order valence-corrected chi connectivity index (χ3v) is 6.99. The Morgan fingerprint density at radius 2 is 1.78 bits per heavy atom. The van der Waals surface area contributed by atoms with Gasteiger partial charge >= 0.3 is 5.69 Å². The zero-order valence-electron chi connectivity index (χ0n) is 21.3. The summed E-state index contributed by atoms with van der Waals surface area (Å²) in [4.78, 5) is 37.6. The molecule has 1 aliphatic rings. The van der Waals surface area contributed by atoms with Crippen LogP contribution in [0.3, 0.4) is 0 Å². The summed E-state index contributed by atoms with van der Waals surface area (Å²) >= 11 is 6.90. The topological polar surface area (TPSA) is 194 Å². The third kappa shape index (κ3) is 7.84. The Labute approximate surface area is 240 Å². The first-order chi connectivity index (χ1) is 19.6. The van der Waals surface area contributed by atoms with Gasteiger partial charge in [0.05, 0.1) is 28.0 Å². The molecule has 2 aromatic carbocycles. The minimum atomic E-state index is -1.13. The van der Waals surface area contributed by atoms with Gasteiger partial charge in [-0.05, 0) is 36.2 Å². The molecular formula is C22H23ClFN9O7S. The lowest BCUT2D eigenvalue weighted by Crippen LogP contribution is -2.47. The van der Waals surface area contributed by atoms with Crippen LogP contribution < -0.4 is 15.5 Å². The fraction of sp³-hybridized carbons (Fsp3) is 0.318. The molecule has 41 heavy (non-hydrogen) atoms. The molecule has 4 rings (SSSR count). The molecule has 218 valence electrons. The largest absolute Gasteiger partial charge is 0.363 e. The number of aryl methyl sites for hydroxylation is 1. The first-order valence-corrected chi connectivity index (χ1v) is 13.0. The summed E-state index contributed by atoms with van der Waals surface area (Å²) in [7, 11) is 0. The SMILES string of the molecule is Cc1ccc(Nc2nc(Cl)nc(NCCN3CCN(c4cc(F)c([N+](=O)[O-])cc4[N+](=O)[O-])CC3)n2)cc1SOOO. The van der Waals surface area contributed by atoms with Gasteiger partial charge in [0, 0.05) is 55.9 Å². The van der Waals surface area contributed by atoms with Gasteiger partial charge in [-0.25, -0.2) is 5.26 Å². The van der Waals surface area contributed by atoms with Crippen LogP contribution in [-0.4, -0.2) is 74.2 Å². The third-order valence-electron chi connectivity index (χ3n) is 6.07. The van der Waals surface area contributed by atoms with E-state index in [1.165, 1.54) is 0 Å². The number of nitro groups is 2. The van der Waals surface area contributed by atoms with Gasteiger partial charge in [0.25, 0.3) is 5.69 Å². The first kappa shape index (κ1) is 30.0. The number of halogens is 2. The molecule has 19 heteroatoms. The number of nitro benzene ring substituents is 2. The van der Waals surface area contributed by atoms with Crippen LogP contribution >= 0.6 is 23.6 Å². The van der Waals surface area contributed by atoms with E-state index in [2.05, 4.69) is 39.9 Å². The molecule has 0 spiro atoms. The van der Waals surface area contributed by atoms with Gasteiger partial charge in [0.1, 0.15) is 5.69 Å². The quantitative estimate of drug-likeness (QED) is 0.114. The van der Waals surface area contributed by atoms with Crippen molar-refractivity contribution in [3.63, 3.8) is 0 Å². The van der Waals surface area contributed by atoms with Crippen LogP contribution in [0.5, 0.6) is 0 Å². The average Bonchev–Trinajstić information content (AvgIpc) is 2.93. The molecule has 0 unspecified atom stereocenters. The summed E-state index contributed by atoms with van der Waals surface area (Å²) in [6.07, 6.45) is 0. The van der Waals surface area contributed by atoms with E-state index in [1.54, 1.807) is 17.0 Å². The van der Waals surface area contributed by atoms with Crippen LogP contribution in [0.25, 0.3) is 0 Å². The van der Waals surface area contributed by atoms with Gasteiger partial charge in [-0.2, -0.15) is 19.3 Å². The van der Waals surface area contributed by atoms with E-state index in [1.807, 2.05) is 13.0 Å². The first-order valence-electron chi connectivity index (χ1n) is 11.9. The van der Waals surface area contributed by atoms with Crippen molar-refractivity contribution in [2.45, 2.75) is 11.8 Å². The van der Waals surface area contributed by atoms with Crippen molar-refractivity contribution in [3.05, 3.63) is 67.2 Å². The molecular weight excluding hydrogens is 589 g/mol. The van der Waals surface area contributed by atoms with E-state index >= 15 is 0 Å². The Balaban J connectivity index is 1.32. The lowest BCUT2D eigenvalue weighted by Gasteiger charge is -2.35. The molecule has 0 bridgehead atoms. The summed E-state index contributed by atoms with van der Waals surface area (Å²) in [6.45, 7) is 4.61. The van der Waals surface area contributed by atoms with E-state index in [0.29, 0.717) is 55.9 Å². The van der Waals surface area contributed by atoms with Crippen molar-refractivity contribution in [2.75, 3.05) is 54.8 Å². The van der Waals surface area contributed by atoms with Crippen molar-refractivity contribution >= 4 is 58.3 Å². The van der Waals surface area contributed by atoms with E-state index in [9.17, 15) is 24.6 Å². The van der Waals surface area contributed by atoms with E-state index in [-0.39, 0.29) is 22.9 Å². The standard InChI is InChI=1S/C22H23ClFN9O7S/c1-13-2-3-14(10-19(13)41-40-39-38)26-22-28-20(23)27-21(29-22)25-4-5-30-6-8-31(9-7-30)17-11-15(24)16(32(34)35)12-18(17)33(36)37/h2-3,10-12,38H,4-9H2,1H3,(H2,25,26,27,28,29). The fourth-order valence-corrected chi connectivity index (χ4v) is 4.69. The highest BCUT2D eigenvalue weighted by Crippen LogP contribution is 2.35. The molecule has 0 saturated carbocycles. The lowest BCUT2D eigenvalue weighted by molar-refractivity contribution is -0.432. The highest BCUT2D eigenvalue weighted by Gasteiger charge is 2.29. The maximum atomic E-state index is 14.2. The van der Waals surface area contributed by atoms with Crippen molar-refractivity contribution in [2.24, 2.45) is 0 Å². The van der Waals surface area contributed by atoms with Crippen molar-refractivity contribution in [3.8, 4) is 0 Å². The van der Waals surface area contributed by atoms with Gasteiger partial charge in [-0.1, -0.05) is 11.1 Å². The predicted octanol–water partition coefficient (Wildman–Crippen LogP) is 4.19. The van der Waals surface area contributed by atoms with E-state index < -0.39 is 27.0 Å². The number of hydrogen-bond donors (Lipinski definition) is 3. The number of benzene rings is 2. The Bertz CT molecular complexity index is 1430. The molecule has 1 fully saturated rings. The molecule has 0 atom stereocenters. The van der Waals surface area contributed by atoms with Crippen molar-refractivity contribution < 1.29 is 28.9 Å². The zero-order valence-corrected chi connectivity index (χ0v) is 22.9. The number of hydrogen-bond acceptors (Lipinski definition) is 15. The molecule has 3 N–H and O–H groups in total. The van der Waals surface area contributed by atoms with Gasteiger partial charge in [-0.3, -0.25) is 25.1 Å². The Kier molecular flexibility index (Phi) is 9.97. The molecule has 0 aliphatic carbocycles. The maximum Gasteiger partial charge on any atom is 0.311 e. The molecule has 3 aromatic rings. The summed E-state index contributed by atoms with van der Waals surface area (Å²) in [5.41, 5.74) is 0.0561. The summed E-state index contributed by atoms with van der Waals surface area (Å²) < 4.78 is 18.7. The predicted molar refractivity (Wildman–Crippen MR) is 147 cm³/mol. The monoisotopic (exact) mass is 611 g/mol. The van der Waals surface area contributed by atoms with E-state index in [4.69, 9.17) is 16.9 Å². The summed E-state index contributed by atoms with van der Waals surface area (Å²) in [5.74, 6) is -0.696. The highest BCUT2D eigenvalue weighted by molar-refractivity contribution is 7.94. The Morgan fingerprint density at radius 3 is 2.46 bits per heavy atom. The molecule has 1 aliphatic heterocycles. The highest BCUT2D eigenvalue weighted by atomic mass is 35.5. The van der Waals surface area contributed by atoms with Crippen molar-refractivity contribution in [1.29, 1.82) is 0 Å². The van der Waals surface area contributed by atoms with Crippen LogP contribution in [0.4, 0.5) is 39.0 Å². The molecule has 1 aromatic heterocycles. The molecule has 1 saturated heterocycles. The number of piperazine rings is 1. The van der Waals surface area contributed by atoms with Gasteiger partial charge < -0.3 is 15.5 Å². The van der Waals surface area contributed by atoms with Crippen molar-refractivity contribution in [1.82, 2.24) is 19.9 Å². The minimum Gasteiger partial charge on any atom is -0.363 e. The fourth-order valence-electron chi connectivity index (χ4n) is 4.05. The minimum absolute atomic E-state index is 0.00396. The Morgan fingerprint density at radius 1 is 1.07 bits per heavy atom.